The standard InChI is InChI=1S/C18H13N7O/c1-24(14-4-2-12(6-19)3-5-14)18(26)15-11-25-16(13-7-22-23-8-13)9-21-17(25)10-20-15/h2-5,7-11H,1H3,(H,22,23). The van der Waals surface area contributed by atoms with E-state index in [0.29, 0.717) is 16.9 Å². The van der Waals surface area contributed by atoms with Gasteiger partial charge in [-0.25, -0.2) is 9.97 Å². The molecule has 3 aromatic heterocycles. The van der Waals surface area contributed by atoms with Crippen LogP contribution in [0.15, 0.2) is 55.2 Å². The van der Waals surface area contributed by atoms with Crippen LogP contribution in [-0.4, -0.2) is 37.5 Å². The number of anilines is 1. The monoisotopic (exact) mass is 343 g/mol. The second kappa shape index (κ2) is 6.14. The van der Waals surface area contributed by atoms with Crippen molar-refractivity contribution < 1.29 is 4.79 Å². The number of aromatic nitrogens is 5. The van der Waals surface area contributed by atoms with Gasteiger partial charge in [-0.1, -0.05) is 0 Å². The van der Waals surface area contributed by atoms with Gasteiger partial charge in [-0.15, -0.1) is 0 Å². The smallest absolute Gasteiger partial charge is 0.278 e. The van der Waals surface area contributed by atoms with Crippen LogP contribution in [0.2, 0.25) is 0 Å². The molecule has 8 nitrogen and oxygen atoms in total. The Bertz CT molecular complexity index is 1120. The predicted octanol–water partition coefficient (Wildman–Crippen LogP) is 2.27. The van der Waals surface area contributed by atoms with Gasteiger partial charge in [0.25, 0.3) is 5.91 Å². The van der Waals surface area contributed by atoms with Crippen molar-refractivity contribution in [1.29, 1.82) is 5.26 Å². The number of rotatable bonds is 3. The van der Waals surface area contributed by atoms with Crippen LogP contribution in [0.1, 0.15) is 16.1 Å². The van der Waals surface area contributed by atoms with Crippen LogP contribution in [0, 0.1) is 11.3 Å². The first-order valence-corrected chi connectivity index (χ1v) is 7.78. The Morgan fingerprint density at radius 2 is 2.00 bits per heavy atom. The van der Waals surface area contributed by atoms with E-state index in [-0.39, 0.29) is 11.6 Å². The Labute approximate surface area is 148 Å². The molecule has 126 valence electrons. The zero-order chi connectivity index (χ0) is 18.1. The molecule has 0 atom stereocenters. The quantitative estimate of drug-likeness (QED) is 0.614. The number of amides is 1. The Morgan fingerprint density at radius 1 is 1.19 bits per heavy atom. The molecule has 26 heavy (non-hydrogen) atoms. The lowest BCUT2D eigenvalue weighted by Gasteiger charge is -2.17. The lowest BCUT2D eigenvalue weighted by atomic mass is 10.2. The molecule has 0 fully saturated rings. The number of aromatic amines is 1. The summed E-state index contributed by atoms with van der Waals surface area (Å²) in [6.45, 7) is 0. The number of H-pyrrole nitrogens is 1. The number of imidazole rings is 1. The van der Waals surface area contributed by atoms with Gasteiger partial charge in [-0.05, 0) is 24.3 Å². The van der Waals surface area contributed by atoms with E-state index in [2.05, 4.69) is 26.2 Å². The van der Waals surface area contributed by atoms with Crippen molar-refractivity contribution in [1.82, 2.24) is 24.6 Å². The van der Waals surface area contributed by atoms with Crippen LogP contribution >= 0.6 is 0 Å². The zero-order valence-electron chi connectivity index (χ0n) is 13.8. The molecule has 0 aliphatic heterocycles. The summed E-state index contributed by atoms with van der Waals surface area (Å²) < 4.78 is 1.80. The molecule has 0 spiro atoms. The summed E-state index contributed by atoms with van der Waals surface area (Å²) in [6, 6.07) is 8.85. The first kappa shape index (κ1) is 15.5. The fourth-order valence-electron chi connectivity index (χ4n) is 2.65. The largest absolute Gasteiger partial charge is 0.310 e. The fraction of sp³-hybridized carbons (Fsp3) is 0.0556. The summed E-state index contributed by atoms with van der Waals surface area (Å²) in [6.07, 6.45) is 8.37. The normalized spacial score (nSPS) is 10.6. The first-order chi connectivity index (χ1) is 12.7. The number of nitrogens with zero attached hydrogens (tertiary/aromatic N) is 6. The minimum Gasteiger partial charge on any atom is -0.310 e. The predicted molar refractivity (Wildman–Crippen MR) is 94.5 cm³/mol. The number of carbonyl (C=O) groups excluding carboxylic acids is 1. The van der Waals surface area contributed by atoms with Gasteiger partial charge >= 0.3 is 0 Å². The SMILES string of the molecule is CN(C(=O)c1cn2c(-c3cn[nH]c3)cnc2cn1)c1ccc(C#N)cc1. The van der Waals surface area contributed by atoms with Gasteiger partial charge in [-0.2, -0.15) is 10.4 Å². The van der Waals surface area contributed by atoms with Gasteiger partial charge in [0.2, 0.25) is 0 Å². The minimum atomic E-state index is -0.261. The van der Waals surface area contributed by atoms with Crippen molar-refractivity contribution in [3.8, 4) is 17.3 Å². The summed E-state index contributed by atoms with van der Waals surface area (Å²) in [7, 11) is 1.67. The van der Waals surface area contributed by atoms with E-state index in [4.69, 9.17) is 5.26 Å². The molecule has 1 aromatic carbocycles. The zero-order valence-corrected chi connectivity index (χ0v) is 13.8. The third-order valence-corrected chi connectivity index (χ3v) is 4.10. The van der Waals surface area contributed by atoms with Crippen LogP contribution in [-0.2, 0) is 0 Å². The maximum atomic E-state index is 12.8. The van der Waals surface area contributed by atoms with Crippen LogP contribution in [0.5, 0.6) is 0 Å². The second-order valence-electron chi connectivity index (χ2n) is 5.65. The van der Waals surface area contributed by atoms with E-state index in [0.717, 1.165) is 11.3 Å². The molecule has 0 aliphatic carbocycles. The van der Waals surface area contributed by atoms with E-state index in [1.54, 1.807) is 66.7 Å². The average molecular weight is 343 g/mol. The van der Waals surface area contributed by atoms with Crippen LogP contribution in [0.3, 0.4) is 0 Å². The molecular formula is C18H13N7O. The third kappa shape index (κ3) is 2.57. The van der Waals surface area contributed by atoms with Crippen LogP contribution < -0.4 is 4.90 Å². The molecule has 1 amide bonds. The van der Waals surface area contributed by atoms with E-state index in [1.807, 2.05) is 0 Å². The van der Waals surface area contributed by atoms with Gasteiger partial charge in [0.1, 0.15) is 5.69 Å². The first-order valence-electron chi connectivity index (χ1n) is 7.78. The number of hydrogen-bond donors (Lipinski definition) is 1. The van der Waals surface area contributed by atoms with Gasteiger partial charge in [0, 0.05) is 30.7 Å². The Morgan fingerprint density at radius 3 is 2.69 bits per heavy atom. The summed E-state index contributed by atoms with van der Waals surface area (Å²) >= 11 is 0. The molecular weight excluding hydrogens is 330 g/mol. The highest BCUT2D eigenvalue weighted by atomic mass is 16.2. The van der Waals surface area contributed by atoms with Crippen LogP contribution in [0.25, 0.3) is 16.9 Å². The van der Waals surface area contributed by atoms with Crippen molar-refractivity contribution in [2.75, 3.05) is 11.9 Å². The van der Waals surface area contributed by atoms with Gasteiger partial charge < -0.3 is 4.90 Å². The molecule has 4 aromatic rings. The van der Waals surface area contributed by atoms with Gasteiger partial charge in [-0.3, -0.25) is 14.3 Å². The van der Waals surface area contributed by atoms with Gasteiger partial charge in [0.05, 0.1) is 35.9 Å². The molecule has 0 aliphatic rings. The molecule has 8 heteroatoms. The van der Waals surface area contributed by atoms with Crippen LogP contribution in [0.4, 0.5) is 5.69 Å². The van der Waals surface area contributed by atoms with Crippen molar-refractivity contribution >= 4 is 17.2 Å². The molecule has 3 heterocycles. The summed E-state index contributed by atoms with van der Waals surface area (Å²) in [5, 5.41) is 15.6. The maximum absolute atomic E-state index is 12.8. The van der Waals surface area contributed by atoms with Crippen molar-refractivity contribution in [2.24, 2.45) is 0 Å². The number of fused-ring (bicyclic) bond motifs is 1. The molecule has 0 radical (unpaired) electrons. The number of nitriles is 1. The van der Waals surface area contributed by atoms with E-state index in [9.17, 15) is 4.79 Å². The number of nitrogens with one attached hydrogen (secondary N) is 1. The molecule has 0 bridgehead atoms. The summed E-state index contributed by atoms with van der Waals surface area (Å²) in [5.41, 5.74) is 3.81. The third-order valence-electron chi connectivity index (χ3n) is 4.10. The van der Waals surface area contributed by atoms with Crippen molar-refractivity contribution in [3.63, 3.8) is 0 Å². The average Bonchev–Trinajstić information content (AvgIpc) is 3.35. The minimum absolute atomic E-state index is 0.261. The molecule has 0 saturated heterocycles. The lowest BCUT2D eigenvalue weighted by molar-refractivity contribution is 0.0988. The Kier molecular flexibility index (Phi) is 3.67. The topological polar surface area (TPSA) is 103 Å². The Balaban J connectivity index is 1.70. The van der Waals surface area contributed by atoms with Crippen molar-refractivity contribution in [2.45, 2.75) is 0 Å². The Hall–Kier alpha value is -3.99. The highest BCUT2D eigenvalue weighted by Crippen LogP contribution is 2.20. The summed E-state index contributed by atoms with van der Waals surface area (Å²) in [5.74, 6) is -0.261. The molecule has 0 saturated carbocycles. The molecule has 4 rings (SSSR count). The molecule has 0 unspecified atom stereocenters. The highest BCUT2D eigenvalue weighted by Gasteiger charge is 2.17. The fourth-order valence-corrected chi connectivity index (χ4v) is 2.65. The molecule has 1 N–H and O–H groups in total. The number of carbonyl (C=O) groups is 1. The number of benzene rings is 1. The summed E-state index contributed by atoms with van der Waals surface area (Å²) in [4.78, 5) is 22.8. The van der Waals surface area contributed by atoms with Gasteiger partial charge in [0.15, 0.2) is 5.65 Å². The van der Waals surface area contributed by atoms with Crippen molar-refractivity contribution in [3.05, 3.63) is 66.5 Å². The number of hydrogen-bond acceptors (Lipinski definition) is 5. The maximum Gasteiger partial charge on any atom is 0.278 e. The lowest BCUT2D eigenvalue weighted by Crippen LogP contribution is -2.27. The van der Waals surface area contributed by atoms with E-state index < -0.39 is 0 Å². The van der Waals surface area contributed by atoms with E-state index in [1.165, 1.54) is 4.90 Å². The second-order valence-corrected chi connectivity index (χ2v) is 5.65. The van der Waals surface area contributed by atoms with E-state index >= 15 is 0 Å². The highest BCUT2D eigenvalue weighted by molar-refractivity contribution is 6.04.